The molecule has 0 spiro atoms. The number of anilines is 1. The zero-order chi connectivity index (χ0) is 20.4. The summed E-state index contributed by atoms with van der Waals surface area (Å²) in [7, 11) is -2.20. The summed E-state index contributed by atoms with van der Waals surface area (Å²) in [4.78, 5) is 13.7. The van der Waals surface area contributed by atoms with Gasteiger partial charge in [-0.15, -0.1) is 11.8 Å². The van der Waals surface area contributed by atoms with E-state index >= 15 is 0 Å². The molecule has 0 aliphatic heterocycles. The van der Waals surface area contributed by atoms with E-state index in [4.69, 9.17) is 0 Å². The summed E-state index contributed by atoms with van der Waals surface area (Å²) < 4.78 is 26.5. The highest BCUT2D eigenvalue weighted by Crippen LogP contribution is 2.31. The van der Waals surface area contributed by atoms with E-state index in [0.717, 1.165) is 4.90 Å². The highest BCUT2D eigenvalue weighted by Gasteiger charge is 2.16. The first-order valence-corrected chi connectivity index (χ1v) is 11.1. The minimum absolute atomic E-state index is 0.163. The van der Waals surface area contributed by atoms with Crippen molar-refractivity contribution in [1.82, 2.24) is 4.72 Å². The molecule has 2 N–H and O–H groups in total. The zero-order valence-electron chi connectivity index (χ0n) is 16.6. The Balaban J connectivity index is 2.15. The maximum atomic E-state index is 12.4. The van der Waals surface area contributed by atoms with Crippen molar-refractivity contribution in [2.45, 2.75) is 44.4 Å². The van der Waals surface area contributed by atoms with Gasteiger partial charge in [0.05, 0.1) is 10.6 Å². The lowest BCUT2D eigenvalue weighted by Gasteiger charge is -2.15. The second-order valence-corrected chi connectivity index (χ2v) is 9.45. The molecular formula is C20H26N2O3S2. The van der Waals surface area contributed by atoms with E-state index in [1.807, 2.05) is 0 Å². The highest BCUT2D eigenvalue weighted by molar-refractivity contribution is 8.00. The Hall–Kier alpha value is -1.83. The fourth-order valence-corrected chi connectivity index (χ4v) is 4.91. The van der Waals surface area contributed by atoms with Crippen LogP contribution in [0.25, 0.3) is 0 Å². The number of benzene rings is 2. The van der Waals surface area contributed by atoms with Crippen LogP contribution in [0.3, 0.4) is 0 Å². The van der Waals surface area contributed by atoms with Crippen LogP contribution in [-0.4, -0.2) is 27.1 Å². The zero-order valence-corrected chi connectivity index (χ0v) is 18.2. The van der Waals surface area contributed by atoms with Gasteiger partial charge in [-0.3, -0.25) is 4.79 Å². The Morgan fingerprint density at radius 1 is 0.963 bits per heavy atom. The van der Waals surface area contributed by atoms with Crippen molar-refractivity contribution in [2.75, 3.05) is 18.1 Å². The maximum absolute atomic E-state index is 12.4. The summed E-state index contributed by atoms with van der Waals surface area (Å²) in [5.41, 5.74) is 5.89. The molecule has 0 heterocycles. The number of aryl methyl sites for hydroxylation is 3. The predicted molar refractivity (Wildman–Crippen MR) is 112 cm³/mol. The second-order valence-electron chi connectivity index (χ2n) is 6.61. The van der Waals surface area contributed by atoms with Gasteiger partial charge in [-0.05, 0) is 81.6 Å². The molecule has 27 heavy (non-hydrogen) atoms. The number of thioether (sulfide) groups is 1. The van der Waals surface area contributed by atoms with E-state index in [1.54, 1.807) is 19.1 Å². The lowest BCUT2D eigenvalue weighted by atomic mass is 10.0. The number of carbonyl (C=O) groups excluding carboxylic acids is 1. The maximum Gasteiger partial charge on any atom is 0.240 e. The van der Waals surface area contributed by atoms with Crippen molar-refractivity contribution in [1.29, 1.82) is 0 Å². The van der Waals surface area contributed by atoms with E-state index < -0.39 is 10.0 Å². The van der Waals surface area contributed by atoms with Crippen molar-refractivity contribution in [2.24, 2.45) is 0 Å². The molecule has 146 valence electrons. The average molecular weight is 407 g/mol. The van der Waals surface area contributed by atoms with Gasteiger partial charge >= 0.3 is 0 Å². The van der Waals surface area contributed by atoms with Crippen LogP contribution in [0, 0.1) is 34.6 Å². The third kappa shape index (κ3) is 4.91. The van der Waals surface area contributed by atoms with Crippen LogP contribution >= 0.6 is 11.8 Å². The van der Waals surface area contributed by atoms with E-state index in [1.165, 1.54) is 47.1 Å². The number of rotatable bonds is 6. The summed E-state index contributed by atoms with van der Waals surface area (Å²) in [6.45, 7) is 9.99. The molecule has 0 aliphatic rings. The monoisotopic (exact) mass is 406 g/mol. The minimum Gasteiger partial charge on any atom is -0.325 e. The van der Waals surface area contributed by atoms with Gasteiger partial charge < -0.3 is 5.32 Å². The molecule has 2 aromatic rings. The fourth-order valence-electron chi connectivity index (χ4n) is 2.81. The van der Waals surface area contributed by atoms with Crippen molar-refractivity contribution in [3.8, 4) is 0 Å². The van der Waals surface area contributed by atoms with Crippen molar-refractivity contribution < 1.29 is 13.2 Å². The SMILES string of the molecule is CNS(=O)(=O)c1cc(NC(=O)CSc2c(C)c(C)cc(C)c2C)ccc1C. The van der Waals surface area contributed by atoms with Gasteiger partial charge in [-0.2, -0.15) is 0 Å². The molecule has 0 atom stereocenters. The van der Waals surface area contributed by atoms with Gasteiger partial charge in [0.1, 0.15) is 0 Å². The first kappa shape index (κ1) is 21.5. The van der Waals surface area contributed by atoms with Crippen LogP contribution in [-0.2, 0) is 14.8 Å². The molecule has 0 aromatic heterocycles. The summed E-state index contributed by atoms with van der Waals surface area (Å²) in [6, 6.07) is 7.03. The number of hydrogen-bond donors (Lipinski definition) is 2. The van der Waals surface area contributed by atoms with E-state index in [2.05, 4.69) is 43.8 Å². The summed E-state index contributed by atoms with van der Waals surface area (Å²) in [5, 5.41) is 2.79. The molecule has 2 aromatic carbocycles. The Labute approximate surface area is 166 Å². The molecule has 7 heteroatoms. The Kier molecular flexibility index (Phi) is 6.72. The molecule has 0 bridgehead atoms. The molecule has 0 aliphatic carbocycles. The molecule has 0 unspecified atom stereocenters. The van der Waals surface area contributed by atoms with Gasteiger partial charge in [0.15, 0.2) is 0 Å². The molecule has 0 radical (unpaired) electrons. The predicted octanol–water partition coefficient (Wildman–Crippen LogP) is 3.87. The van der Waals surface area contributed by atoms with Crippen LogP contribution in [0.15, 0.2) is 34.1 Å². The van der Waals surface area contributed by atoms with Gasteiger partial charge in [0, 0.05) is 10.6 Å². The second kappa shape index (κ2) is 8.46. The topological polar surface area (TPSA) is 75.3 Å². The number of carbonyl (C=O) groups is 1. The minimum atomic E-state index is -3.57. The van der Waals surface area contributed by atoms with Crippen LogP contribution in [0.4, 0.5) is 5.69 Å². The van der Waals surface area contributed by atoms with Gasteiger partial charge in [-0.1, -0.05) is 12.1 Å². The van der Waals surface area contributed by atoms with Crippen LogP contribution < -0.4 is 10.0 Å². The molecule has 1 amide bonds. The van der Waals surface area contributed by atoms with Gasteiger partial charge in [0.2, 0.25) is 15.9 Å². The first-order valence-electron chi connectivity index (χ1n) is 8.61. The fraction of sp³-hybridized carbons (Fsp3) is 0.350. The van der Waals surface area contributed by atoms with Gasteiger partial charge in [-0.25, -0.2) is 13.1 Å². The Bertz CT molecular complexity index is 957. The average Bonchev–Trinajstić information content (AvgIpc) is 2.61. The van der Waals surface area contributed by atoms with Crippen molar-refractivity contribution >= 4 is 33.4 Å². The van der Waals surface area contributed by atoms with E-state index in [0.29, 0.717) is 11.3 Å². The summed E-state index contributed by atoms with van der Waals surface area (Å²) >= 11 is 1.50. The van der Waals surface area contributed by atoms with E-state index in [9.17, 15) is 13.2 Å². The molecule has 2 rings (SSSR count). The number of sulfonamides is 1. The smallest absolute Gasteiger partial charge is 0.240 e. The van der Waals surface area contributed by atoms with Crippen LogP contribution in [0.1, 0.15) is 27.8 Å². The normalized spacial score (nSPS) is 11.5. The van der Waals surface area contributed by atoms with Gasteiger partial charge in [0.25, 0.3) is 0 Å². The summed E-state index contributed by atoms with van der Waals surface area (Å²) in [5.74, 6) is 0.0849. The number of nitrogens with one attached hydrogen (secondary N) is 2. The standard InChI is InChI=1S/C20H26N2O3S2/c1-12-7-8-17(10-18(12)27(24,25)21-6)22-19(23)11-26-20-15(4)13(2)9-14(3)16(20)5/h7-10,21H,11H2,1-6H3,(H,22,23). The third-order valence-corrected chi connectivity index (χ3v) is 7.54. The molecule has 0 saturated heterocycles. The number of hydrogen-bond acceptors (Lipinski definition) is 4. The highest BCUT2D eigenvalue weighted by atomic mass is 32.2. The molecular weight excluding hydrogens is 380 g/mol. The number of amides is 1. The van der Waals surface area contributed by atoms with Crippen molar-refractivity contribution in [3.63, 3.8) is 0 Å². The quantitative estimate of drug-likeness (QED) is 0.714. The molecule has 0 fully saturated rings. The largest absolute Gasteiger partial charge is 0.325 e. The Morgan fingerprint density at radius 2 is 1.56 bits per heavy atom. The van der Waals surface area contributed by atoms with E-state index in [-0.39, 0.29) is 16.6 Å². The van der Waals surface area contributed by atoms with Crippen LogP contribution in [0.5, 0.6) is 0 Å². The first-order chi connectivity index (χ1) is 12.6. The van der Waals surface area contributed by atoms with Crippen LogP contribution in [0.2, 0.25) is 0 Å². The lowest BCUT2D eigenvalue weighted by molar-refractivity contribution is -0.113. The van der Waals surface area contributed by atoms with Crippen molar-refractivity contribution in [3.05, 3.63) is 52.1 Å². The third-order valence-electron chi connectivity index (χ3n) is 4.67. The molecule has 5 nitrogen and oxygen atoms in total. The Morgan fingerprint density at radius 3 is 2.11 bits per heavy atom. The summed E-state index contributed by atoms with van der Waals surface area (Å²) in [6.07, 6.45) is 0. The lowest BCUT2D eigenvalue weighted by Crippen LogP contribution is -2.20. The molecule has 0 saturated carbocycles.